The number of piperidine rings is 1. The van der Waals surface area contributed by atoms with E-state index in [0.717, 1.165) is 31.7 Å². The van der Waals surface area contributed by atoms with Crippen LogP contribution in [0.15, 0.2) is 18.3 Å². The molecule has 0 radical (unpaired) electrons. The molecule has 2 rings (SSSR count). The Kier molecular flexibility index (Phi) is 4.87. The number of nitrogens with zero attached hydrogens (tertiary/aromatic N) is 2. The highest BCUT2D eigenvalue weighted by atomic mass is 19.4. The minimum Gasteiger partial charge on any atom is -0.440 e. The molecule has 0 bridgehead atoms. The Morgan fingerprint density at radius 3 is 2.57 bits per heavy atom. The van der Waals surface area contributed by atoms with E-state index in [9.17, 15) is 18.0 Å². The van der Waals surface area contributed by atoms with Gasteiger partial charge in [-0.15, -0.1) is 0 Å². The molecule has 1 aromatic heterocycles. The summed E-state index contributed by atoms with van der Waals surface area (Å²) >= 11 is 0. The summed E-state index contributed by atoms with van der Waals surface area (Å²) < 4.78 is 39.7. The fourth-order valence-corrected chi connectivity index (χ4v) is 2.07. The van der Waals surface area contributed by atoms with Crippen molar-refractivity contribution in [3.63, 3.8) is 0 Å². The van der Waals surface area contributed by atoms with Gasteiger partial charge in [0.25, 0.3) is 0 Å². The van der Waals surface area contributed by atoms with Crippen LogP contribution >= 0.6 is 0 Å². The minimum atomic E-state index is -4.53. The van der Waals surface area contributed by atoms with Crippen LogP contribution in [0, 0.1) is 0 Å². The minimum absolute atomic E-state index is 0.294. The summed E-state index contributed by atoms with van der Waals surface area (Å²) in [4.78, 5) is 17.5. The lowest BCUT2D eigenvalue weighted by molar-refractivity contribution is -0.159. The van der Waals surface area contributed by atoms with E-state index in [1.807, 2.05) is 0 Å². The Labute approximate surface area is 120 Å². The van der Waals surface area contributed by atoms with Gasteiger partial charge in [-0.3, -0.25) is 5.32 Å². The van der Waals surface area contributed by atoms with Crippen LogP contribution in [-0.2, 0) is 4.74 Å². The maximum Gasteiger partial charge on any atom is 0.422 e. The third-order valence-electron chi connectivity index (χ3n) is 3.04. The molecular formula is C13H16F3N3O2. The quantitative estimate of drug-likeness (QED) is 0.932. The van der Waals surface area contributed by atoms with Gasteiger partial charge in [0.1, 0.15) is 5.82 Å². The van der Waals surface area contributed by atoms with Gasteiger partial charge in [-0.05, 0) is 31.4 Å². The van der Waals surface area contributed by atoms with Crippen LogP contribution in [0.4, 0.5) is 29.5 Å². The smallest absolute Gasteiger partial charge is 0.422 e. The van der Waals surface area contributed by atoms with Gasteiger partial charge in [0.2, 0.25) is 0 Å². The zero-order valence-corrected chi connectivity index (χ0v) is 11.3. The van der Waals surface area contributed by atoms with Gasteiger partial charge >= 0.3 is 12.3 Å². The Morgan fingerprint density at radius 2 is 2.00 bits per heavy atom. The lowest BCUT2D eigenvalue weighted by Gasteiger charge is -2.27. The maximum atomic E-state index is 11.9. The number of carbonyl (C=O) groups excluding carboxylic acids is 1. The number of hydrogen-bond acceptors (Lipinski definition) is 4. The average molecular weight is 303 g/mol. The SMILES string of the molecule is O=C(Nc1ccc(N2CCCCC2)nc1)OCC(F)(F)F. The van der Waals surface area contributed by atoms with Gasteiger partial charge in [-0.25, -0.2) is 9.78 Å². The molecule has 21 heavy (non-hydrogen) atoms. The molecule has 116 valence electrons. The third-order valence-corrected chi connectivity index (χ3v) is 3.04. The number of ether oxygens (including phenoxy) is 1. The van der Waals surface area contributed by atoms with Gasteiger partial charge in [0.15, 0.2) is 6.61 Å². The lowest BCUT2D eigenvalue weighted by Crippen LogP contribution is -2.30. The number of rotatable bonds is 3. The van der Waals surface area contributed by atoms with Crippen molar-refractivity contribution in [1.82, 2.24) is 4.98 Å². The van der Waals surface area contributed by atoms with Crippen LogP contribution in [0.1, 0.15) is 19.3 Å². The van der Waals surface area contributed by atoms with Gasteiger partial charge < -0.3 is 9.64 Å². The number of nitrogens with one attached hydrogen (secondary N) is 1. The first-order valence-corrected chi connectivity index (χ1v) is 6.65. The van der Waals surface area contributed by atoms with Crippen molar-refractivity contribution >= 4 is 17.6 Å². The average Bonchev–Trinajstić information content (AvgIpc) is 2.46. The fraction of sp³-hybridized carbons (Fsp3) is 0.538. The highest BCUT2D eigenvalue weighted by Gasteiger charge is 2.29. The second-order valence-electron chi connectivity index (χ2n) is 4.77. The predicted molar refractivity (Wildman–Crippen MR) is 71.3 cm³/mol. The van der Waals surface area contributed by atoms with E-state index in [2.05, 4.69) is 19.9 Å². The second kappa shape index (κ2) is 6.64. The molecular weight excluding hydrogens is 287 g/mol. The van der Waals surface area contributed by atoms with E-state index >= 15 is 0 Å². The highest BCUT2D eigenvalue weighted by molar-refractivity contribution is 5.84. The first kappa shape index (κ1) is 15.4. The van der Waals surface area contributed by atoms with Crippen LogP contribution < -0.4 is 10.2 Å². The fourth-order valence-electron chi connectivity index (χ4n) is 2.07. The molecule has 1 aliphatic heterocycles. The number of alkyl halides is 3. The van der Waals surface area contributed by atoms with Crippen LogP contribution in [0.5, 0.6) is 0 Å². The molecule has 1 aliphatic rings. The summed E-state index contributed by atoms with van der Waals surface area (Å²) in [5, 5.41) is 2.20. The van der Waals surface area contributed by atoms with E-state index < -0.39 is 18.9 Å². The maximum absolute atomic E-state index is 11.9. The van der Waals surface area contributed by atoms with Gasteiger partial charge in [0, 0.05) is 13.1 Å². The van der Waals surface area contributed by atoms with Crippen molar-refractivity contribution < 1.29 is 22.7 Å². The van der Waals surface area contributed by atoms with E-state index in [0.29, 0.717) is 5.69 Å². The summed E-state index contributed by atoms with van der Waals surface area (Å²) in [6.07, 6.45) is -0.843. The largest absolute Gasteiger partial charge is 0.440 e. The molecule has 1 amide bonds. The molecule has 1 N–H and O–H groups in total. The molecule has 0 aromatic carbocycles. The van der Waals surface area contributed by atoms with Crippen molar-refractivity contribution in [3.05, 3.63) is 18.3 Å². The van der Waals surface area contributed by atoms with Crippen molar-refractivity contribution in [2.75, 3.05) is 29.9 Å². The highest BCUT2D eigenvalue weighted by Crippen LogP contribution is 2.19. The van der Waals surface area contributed by atoms with E-state index in [1.165, 1.54) is 12.6 Å². The number of amides is 1. The van der Waals surface area contributed by atoms with E-state index in [-0.39, 0.29) is 0 Å². The topological polar surface area (TPSA) is 54.5 Å². The molecule has 5 nitrogen and oxygen atoms in total. The van der Waals surface area contributed by atoms with E-state index in [1.54, 1.807) is 12.1 Å². The van der Waals surface area contributed by atoms with Crippen molar-refractivity contribution in [2.24, 2.45) is 0 Å². The second-order valence-corrected chi connectivity index (χ2v) is 4.77. The summed E-state index contributed by atoms with van der Waals surface area (Å²) in [6, 6.07) is 3.32. The van der Waals surface area contributed by atoms with Gasteiger partial charge in [-0.1, -0.05) is 0 Å². The number of anilines is 2. The van der Waals surface area contributed by atoms with Crippen molar-refractivity contribution in [3.8, 4) is 0 Å². The monoisotopic (exact) mass is 303 g/mol. The van der Waals surface area contributed by atoms with Crippen LogP contribution in [0.3, 0.4) is 0 Å². The molecule has 8 heteroatoms. The summed E-state index contributed by atoms with van der Waals surface area (Å²) in [5.74, 6) is 0.795. The Balaban J connectivity index is 1.85. The third kappa shape index (κ3) is 5.13. The molecule has 1 aromatic rings. The number of halogens is 3. The Hall–Kier alpha value is -1.99. The number of aromatic nitrogens is 1. The summed E-state index contributed by atoms with van der Waals surface area (Å²) in [7, 11) is 0. The zero-order valence-electron chi connectivity index (χ0n) is 11.3. The van der Waals surface area contributed by atoms with Crippen LogP contribution in [0.2, 0.25) is 0 Å². The van der Waals surface area contributed by atoms with Crippen molar-refractivity contribution in [1.29, 1.82) is 0 Å². The van der Waals surface area contributed by atoms with Gasteiger partial charge in [-0.2, -0.15) is 13.2 Å². The number of pyridine rings is 1. The molecule has 0 unspecified atom stereocenters. The lowest BCUT2D eigenvalue weighted by atomic mass is 10.1. The summed E-state index contributed by atoms with van der Waals surface area (Å²) in [6.45, 7) is 0.263. The normalized spacial score (nSPS) is 15.7. The Morgan fingerprint density at radius 1 is 1.29 bits per heavy atom. The van der Waals surface area contributed by atoms with E-state index in [4.69, 9.17) is 0 Å². The first-order valence-electron chi connectivity index (χ1n) is 6.65. The molecule has 0 spiro atoms. The molecule has 0 atom stereocenters. The van der Waals surface area contributed by atoms with Gasteiger partial charge in [0.05, 0.1) is 11.9 Å². The van der Waals surface area contributed by atoms with Crippen molar-refractivity contribution in [2.45, 2.75) is 25.4 Å². The van der Waals surface area contributed by atoms with Crippen LogP contribution in [-0.4, -0.2) is 36.9 Å². The number of hydrogen-bond donors (Lipinski definition) is 1. The summed E-state index contributed by atoms with van der Waals surface area (Å²) in [5.41, 5.74) is 0.294. The first-order chi connectivity index (χ1) is 9.94. The van der Waals surface area contributed by atoms with Crippen LogP contribution in [0.25, 0.3) is 0 Å². The molecule has 0 saturated carbocycles. The molecule has 0 aliphatic carbocycles. The predicted octanol–water partition coefficient (Wildman–Crippen LogP) is 3.18. The molecule has 2 heterocycles. The molecule has 1 saturated heterocycles. The Bertz CT molecular complexity index is 471. The zero-order chi connectivity index (χ0) is 15.3. The number of carbonyl (C=O) groups is 1. The molecule has 1 fully saturated rings. The standard InChI is InChI=1S/C13H16F3N3O2/c14-13(15,16)9-21-12(20)18-10-4-5-11(17-8-10)19-6-2-1-3-7-19/h4-5,8H,1-3,6-7,9H2,(H,18,20).